The van der Waals surface area contributed by atoms with E-state index in [0.717, 1.165) is 17.9 Å². The maximum Gasteiger partial charge on any atom is 0.0545 e. The number of likely N-dealkylation sites (tertiary alicyclic amines) is 1. The highest BCUT2D eigenvalue weighted by Gasteiger charge is 2.47. The topological polar surface area (TPSA) is 54.2 Å². The third-order valence-corrected chi connectivity index (χ3v) is 3.35. The van der Waals surface area contributed by atoms with Gasteiger partial charge in [0.2, 0.25) is 0 Å². The Labute approximate surface area is 89.5 Å². The first kappa shape index (κ1) is 9.12. The zero-order chi connectivity index (χ0) is 10.3. The van der Waals surface area contributed by atoms with Crippen LogP contribution in [-0.2, 0) is 6.54 Å². The molecule has 0 unspecified atom stereocenters. The zero-order valence-electron chi connectivity index (χ0n) is 8.74. The molecule has 80 valence electrons. The summed E-state index contributed by atoms with van der Waals surface area (Å²) in [6.07, 6.45) is 1.73. The van der Waals surface area contributed by atoms with Crippen LogP contribution in [0.3, 0.4) is 0 Å². The Morgan fingerprint density at radius 1 is 1.40 bits per heavy atom. The standard InChI is InChI=1S/C11H16N4/c12-9-1-2-10(14-3-9)4-15-7-11(8-15)5-13-6-11/h1-3,13H,4-8,12H2. The van der Waals surface area contributed by atoms with Crippen LogP contribution >= 0.6 is 0 Å². The van der Waals surface area contributed by atoms with Crippen molar-refractivity contribution >= 4 is 5.69 Å². The molecule has 15 heavy (non-hydrogen) atoms. The molecule has 2 saturated heterocycles. The van der Waals surface area contributed by atoms with Crippen molar-refractivity contribution in [2.75, 3.05) is 31.9 Å². The molecule has 1 aromatic heterocycles. The van der Waals surface area contributed by atoms with Crippen molar-refractivity contribution in [3.05, 3.63) is 24.0 Å². The molecule has 0 aromatic carbocycles. The van der Waals surface area contributed by atoms with Crippen molar-refractivity contribution in [2.45, 2.75) is 6.54 Å². The lowest BCUT2D eigenvalue weighted by atomic mass is 9.74. The van der Waals surface area contributed by atoms with Crippen molar-refractivity contribution in [3.63, 3.8) is 0 Å². The second-order valence-corrected chi connectivity index (χ2v) is 4.83. The molecule has 1 spiro atoms. The lowest BCUT2D eigenvalue weighted by Gasteiger charge is -2.56. The lowest BCUT2D eigenvalue weighted by molar-refractivity contribution is -0.0450. The van der Waals surface area contributed by atoms with Gasteiger partial charge in [0.05, 0.1) is 17.6 Å². The Morgan fingerprint density at radius 3 is 2.73 bits per heavy atom. The zero-order valence-corrected chi connectivity index (χ0v) is 8.74. The summed E-state index contributed by atoms with van der Waals surface area (Å²) in [5, 5.41) is 3.34. The third-order valence-electron chi connectivity index (χ3n) is 3.35. The minimum Gasteiger partial charge on any atom is -0.397 e. The van der Waals surface area contributed by atoms with Crippen LogP contribution in [-0.4, -0.2) is 36.1 Å². The number of aromatic nitrogens is 1. The van der Waals surface area contributed by atoms with Gasteiger partial charge in [-0.25, -0.2) is 0 Å². The van der Waals surface area contributed by atoms with Crippen molar-refractivity contribution in [3.8, 4) is 0 Å². The van der Waals surface area contributed by atoms with Crippen LogP contribution in [0.15, 0.2) is 18.3 Å². The number of nitrogen functional groups attached to an aromatic ring is 1. The molecule has 0 bridgehead atoms. The van der Waals surface area contributed by atoms with Gasteiger partial charge in [0.25, 0.3) is 0 Å². The van der Waals surface area contributed by atoms with Crippen molar-refractivity contribution < 1.29 is 0 Å². The van der Waals surface area contributed by atoms with E-state index in [2.05, 4.69) is 15.2 Å². The average Bonchev–Trinajstić information content (AvgIpc) is 2.10. The minimum atomic E-state index is 0.605. The van der Waals surface area contributed by atoms with Gasteiger partial charge in [0, 0.05) is 38.1 Å². The summed E-state index contributed by atoms with van der Waals surface area (Å²) in [7, 11) is 0. The Morgan fingerprint density at radius 2 is 2.20 bits per heavy atom. The first-order valence-corrected chi connectivity index (χ1v) is 5.39. The maximum atomic E-state index is 5.59. The molecule has 3 heterocycles. The van der Waals surface area contributed by atoms with Crippen LogP contribution in [0.4, 0.5) is 5.69 Å². The molecule has 0 radical (unpaired) electrons. The fourth-order valence-electron chi connectivity index (χ4n) is 2.47. The van der Waals surface area contributed by atoms with Gasteiger partial charge >= 0.3 is 0 Å². The molecule has 0 amide bonds. The van der Waals surface area contributed by atoms with Crippen LogP contribution < -0.4 is 11.1 Å². The summed E-state index contributed by atoms with van der Waals surface area (Å²) in [6.45, 7) is 5.78. The molecule has 0 aliphatic carbocycles. The van der Waals surface area contributed by atoms with E-state index in [1.54, 1.807) is 6.20 Å². The van der Waals surface area contributed by atoms with E-state index < -0.39 is 0 Å². The van der Waals surface area contributed by atoms with E-state index in [1.165, 1.54) is 26.2 Å². The van der Waals surface area contributed by atoms with Crippen molar-refractivity contribution in [2.24, 2.45) is 5.41 Å². The number of rotatable bonds is 2. The molecular formula is C11H16N4. The number of hydrogen-bond acceptors (Lipinski definition) is 4. The number of anilines is 1. The van der Waals surface area contributed by atoms with Gasteiger partial charge in [0.1, 0.15) is 0 Å². The second kappa shape index (κ2) is 3.18. The van der Waals surface area contributed by atoms with E-state index in [9.17, 15) is 0 Å². The molecule has 3 N–H and O–H groups in total. The minimum absolute atomic E-state index is 0.605. The highest BCUT2D eigenvalue weighted by molar-refractivity contribution is 5.34. The molecule has 4 heteroatoms. The predicted octanol–water partition coefficient (Wildman–Crippen LogP) is 0.0690. The second-order valence-electron chi connectivity index (χ2n) is 4.83. The first-order valence-electron chi connectivity index (χ1n) is 5.39. The molecule has 0 saturated carbocycles. The van der Waals surface area contributed by atoms with Crippen LogP contribution in [0.5, 0.6) is 0 Å². The Kier molecular flexibility index (Phi) is 1.94. The SMILES string of the molecule is Nc1ccc(CN2CC3(CNC3)C2)nc1. The molecule has 3 rings (SSSR count). The Bertz CT molecular complexity index is 347. The monoisotopic (exact) mass is 204 g/mol. The van der Waals surface area contributed by atoms with Crippen LogP contribution in [0, 0.1) is 5.41 Å². The number of nitrogens with one attached hydrogen (secondary N) is 1. The molecule has 4 nitrogen and oxygen atoms in total. The van der Waals surface area contributed by atoms with Crippen molar-refractivity contribution in [1.82, 2.24) is 15.2 Å². The summed E-state index contributed by atoms with van der Waals surface area (Å²) in [5.74, 6) is 0. The average molecular weight is 204 g/mol. The maximum absolute atomic E-state index is 5.59. The van der Waals surface area contributed by atoms with Gasteiger partial charge in [0.15, 0.2) is 0 Å². The van der Waals surface area contributed by atoms with Crippen LogP contribution in [0.25, 0.3) is 0 Å². The molecule has 1 aromatic rings. The Hall–Kier alpha value is -1.13. The van der Waals surface area contributed by atoms with Crippen LogP contribution in [0.2, 0.25) is 0 Å². The first-order chi connectivity index (χ1) is 7.26. The normalized spacial score (nSPS) is 23.5. The summed E-state index contributed by atoms with van der Waals surface area (Å²) in [5.41, 5.74) is 8.05. The van der Waals surface area contributed by atoms with Gasteiger partial charge in [-0.1, -0.05) is 0 Å². The quantitative estimate of drug-likeness (QED) is 0.716. The Balaban J connectivity index is 1.56. The summed E-state index contributed by atoms with van der Waals surface area (Å²) in [4.78, 5) is 6.75. The highest BCUT2D eigenvalue weighted by atomic mass is 15.3. The largest absolute Gasteiger partial charge is 0.397 e. The number of pyridine rings is 1. The van der Waals surface area contributed by atoms with Gasteiger partial charge in [-0.2, -0.15) is 0 Å². The van der Waals surface area contributed by atoms with E-state index in [0.29, 0.717) is 5.41 Å². The van der Waals surface area contributed by atoms with E-state index in [-0.39, 0.29) is 0 Å². The number of nitrogens with two attached hydrogens (primary N) is 1. The molecular weight excluding hydrogens is 188 g/mol. The summed E-state index contributed by atoms with van der Waals surface area (Å²) < 4.78 is 0. The van der Waals surface area contributed by atoms with E-state index in [1.807, 2.05) is 12.1 Å². The van der Waals surface area contributed by atoms with E-state index in [4.69, 9.17) is 5.73 Å². The molecule has 2 aliphatic heterocycles. The summed E-state index contributed by atoms with van der Waals surface area (Å²) >= 11 is 0. The predicted molar refractivity (Wildman–Crippen MR) is 59.2 cm³/mol. The van der Waals surface area contributed by atoms with Gasteiger partial charge in [-0.3, -0.25) is 9.88 Å². The van der Waals surface area contributed by atoms with Gasteiger partial charge < -0.3 is 11.1 Å². The van der Waals surface area contributed by atoms with Crippen LogP contribution in [0.1, 0.15) is 5.69 Å². The smallest absolute Gasteiger partial charge is 0.0545 e. The van der Waals surface area contributed by atoms with Crippen molar-refractivity contribution in [1.29, 1.82) is 0 Å². The fourth-order valence-corrected chi connectivity index (χ4v) is 2.47. The number of hydrogen-bond donors (Lipinski definition) is 2. The van der Waals surface area contributed by atoms with Gasteiger partial charge in [-0.05, 0) is 12.1 Å². The van der Waals surface area contributed by atoms with Gasteiger partial charge in [-0.15, -0.1) is 0 Å². The molecule has 0 atom stereocenters. The third kappa shape index (κ3) is 1.60. The lowest BCUT2D eigenvalue weighted by Crippen LogP contribution is -2.70. The molecule has 2 fully saturated rings. The van der Waals surface area contributed by atoms with E-state index >= 15 is 0 Å². The molecule has 2 aliphatic rings. The summed E-state index contributed by atoms with van der Waals surface area (Å²) in [6, 6.07) is 3.93. The fraction of sp³-hybridized carbons (Fsp3) is 0.545. The highest BCUT2D eigenvalue weighted by Crippen LogP contribution is 2.34. The number of nitrogens with zero attached hydrogens (tertiary/aromatic N) is 2.